The van der Waals surface area contributed by atoms with Crippen molar-refractivity contribution < 1.29 is 18.4 Å². The zero-order valence-corrected chi connectivity index (χ0v) is 13.3. The molecule has 128 valence electrons. The van der Waals surface area contributed by atoms with Crippen molar-refractivity contribution in [2.24, 2.45) is 0 Å². The van der Waals surface area contributed by atoms with E-state index in [1.54, 1.807) is 11.0 Å². The molecule has 1 aromatic carbocycles. The minimum absolute atomic E-state index is 0.0309. The number of H-pyrrole nitrogens is 1. The fraction of sp³-hybridized carbons (Fsp3) is 0.412. The van der Waals surface area contributed by atoms with Crippen LogP contribution in [0.15, 0.2) is 39.6 Å². The van der Waals surface area contributed by atoms with Gasteiger partial charge >= 0.3 is 6.09 Å². The van der Waals surface area contributed by atoms with E-state index < -0.39 is 6.09 Å². The van der Waals surface area contributed by atoms with Crippen LogP contribution in [0, 0.1) is 5.82 Å². The van der Waals surface area contributed by atoms with Gasteiger partial charge in [0.1, 0.15) is 11.6 Å². The van der Waals surface area contributed by atoms with E-state index in [-0.39, 0.29) is 23.3 Å². The van der Waals surface area contributed by atoms with E-state index in [2.05, 4.69) is 5.16 Å². The van der Waals surface area contributed by atoms with Crippen LogP contribution in [0.4, 0.5) is 9.18 Å². The molecule has 0 radical (unpaired) electrons. The summed E-state index contributed by atoms with van der Waals surface area (Å²) in [5.41, 5.74) is 0.534. The first-order chi connectivity index (χ1) is 11.6. The second kappa shape index (κ2) is 6.90. The first kappa shape index (κ1) is 16.3. The lowest BCUT2D eigenvalue weighted by atomic mass is 9.86. The molecule has 7 heteroatoms. The number of benzene rings is 1. The number of piperidine rings is 1. The fourth-order valence-electron chi connectivity index (χ4n) is 3.30. The van der Waals surface area contributed by atoms with Gasteiger partial charge < -0.3 is 14.2 Å². The van der Waals surface area contributed by atoms with Gasteiger partial charge in [-0.15, -0.1) is 0 Å². The zero-order valence-electron chi connectivity index (χ0n) is 13.3. The molecule has 1 amide bonds. The number of aromatic nitrogens is 1. The molecule has 0 saturated carbocycles. The van der Waals surface area contributed by atoms with Gasteiger partial charge in [-0.3, -0.25) is 4.79 Å². The summed E-state index contributed by atoms with van der Waals surface area (Å²) in [4.78, 5) is 25.0. The number of carbonyl (C=O) groups is 1. The molecule has 3 rings (SSSR count). The molecule has 24 heavy (non-hydrogen) atoms. The highest BCUT2D eigenvalue weighted by Crippen LogP contribution is 2.32. The predicted octanol–water partition coefficient (Wildman–Crippen LogP) is 2.66. The Kier molecular flexibility index (Phi) is 4.69. The van der Waals surface area contributed by atoms with Crippen LogP contribution in [0.1, 0.15) is 30.1 Å². The number of halogens is 1. The SMILES string of the molecule is COC(=O)N1CC[C@H](c2cc(=O)[nH]o2)C[C@@H]1Cc1cccc(F)c1. The maximum atomic E-state index is 13.4. The molecule has 0 spiro atoms. The summed E-state index contributed by atoms with van der Waals surface area (Å²) < 4.78 is 23.5. The van der Waals surface area contributed by atoms with Gasteiger partial charge in [0.15, 0.2) is 0 Å². The highest BCUT2D eigenvalue weighted by atomic mass is 19.1. The smallest absolute Gasteiger partial charge is 0.409 e. The average Bonchev–Trinajstić information content (AvgIpc) is 3.00. The molecule has 0 bridgehead atoms. The van der Waals surface area contributed by atoms with Crippen molar-refractivity contribution in [1.29, 1.82) is 0 Å². The van der Waals surface area contributed by atoms with Crippen LogP contribution in [-0.4, -0.2) is 35.8 Å². The molecule has 0 aliphatic carbocycles. The molecule has 1 aliphatic heterocycles. The number of nitrogens with zero attached hydrogens (tertiary/aromatic N) is 1. The van der Waals surface area contributed by atoms with E-state index in [0.29, 0.717) is 31.6 Å². The van der Waals surface area contributed by atoms with Crippen LogP contribution in [0.3, 0.4) is 0 Å². The highest BCUT2D eigenvalue weighted by Gasteiger charge is 2.34. The molecule has 2 aromatic rings. The van der Waals surface area contributed by atoms with E-state index in [0.717, 1.165) is 5.56 Å². The minimum Gasteiger partial charge on any atom is -0.453 e. The summed E-state index contributed by atoms with van der Waals surface area (Å²) in [5.74, 6) is 0.318. The van der Waals surface area contributed by atoms with Crippen molar-refractivity contribution in [1.82, 2.24) is 10.1 Å². The number of ether oxygens (including phenoxy) is 1. The summed E-state index contributed by atoms with van der Waals surface area (Å²) in [6.07, 6.45) is 1.41. The molecule has 1 aliphatic rings. The largest absolute Gasteiger partial charge is 0.453 e. The van der Waals surface area contributed by atoms with Crippen molar-refractivity contribution in [3.05, 3.63) is 57.8 Å². The number of aromatic amines is 1. The maximum Gasteiger partial charge on any atom is 0.409 e. The van der Waals surface area contributed by atoms with Gasteiger partial charge in [0.25, 0.3) is 5.56 Å². The molecule has 1 fully saturated rings. The van der Waals surface area contributed by atoms with Crippen molar-refractivity contribution in [2.75, 3.05) is 13.7 Å². The predicted molar refractivity (Wildman–Crippen MR) is 84.3 cm³/mol. The van der Waals surface area contributed by atoms with Crippen molar-refractivity contribution in [3.8, 4) is 0 Å². The summed E-state index contributed by atoms with van der Waals surface area (Å²) in [6.45, 7) is 0.492. The molecule has 2 atom stereocenters. The zero-order chi connectivity index (χ0) is 17.1. The lowest BCUT2D eigenvalue weighted by Gasteiger charge is -2.38. The van der Waals surface area contributed by atoms with Gasteiger partial charge in [0.2, 0.25) is 0 Å². The first-order valence-electron chi connectivity index (χ1n) is 7.84. The Morgan fingerprint density at radius 3 is 2.96 bits per heavy atom. The molecular formula is C17H19FN2O4. The normalized spacial score (nSPS) is 20.8. The average molecular weight is 334 g/mol. The summed E-state index contributed by atoms with van der Waals surface area (Å²) in [5, 5.41) is 2.30. The number of rotatable bonds is 3. The third-order valence-corrected chi connectivity index (χ3v) is 4.43. The lowest BCUT2D eigenvalue weighted by molar-refractivity contribution is 0.0816. The Balaban J connectivity index is 1.81. The Labute approximate surface area is 138 Å². The number of amides is 1. The maximum absolute atomic E-state index is 13.4. The molecule has 0 unspecified atom stereocenters. The Bertz CT molecular complexity index is 770. The van der Waals surface area contributed by atoms with Crippen molar-refractivity contribution in [3.63, 3.8) is 0 Å². The van der Waals surface area contributed by atoms with Gasteiger partial charge in [-0.05, 0) is 37.0 Å². The Morgan fingerprint density at radius 1 is 1.46 bits per heavy atom. The van der Waals surface area contributed by atoms with E-state index in [1.165, 1.54) is 25.3 Å². The fourth-order valence-corrected chi connectivity index (χ4v) is 3.30. The monoisotopic (exact) mass is 334 g/mol. The number of hydrogen-bond donors (Lipinski definition) is 1. The second-order valence-electron chi connectivity index (χ2n) is 5.99. The van der Waals surface area contributed by atoms with Crippen LogP contribution >= 0.6 is 0 Å². The molecular weight excluding hydrogens is 315 g/mol. The van der Waals surface area contributed by atoms with Gasteiger partial charge in [0.05, 0.1) is 7.11 Å². The van der Waals surface area contributed by atoms with E-state index in [1.807, 2.05) is 6.07 Å². The Morgan fingerprint density at radius 2 is 2.29 bits per heavy atom. The van der Waals surface area contributed by atoms with Gasteiger partial charge in [-0.1, -0.05) is 12.1 Å². The summed E-state index contributed by atoms with van der Waals surface area (Å²) in [6, 6.07) is 7.63. The number of hydrogen-bond acceptors (Lipinski definition) is 4. The highest BCUT2D eigenvalue weighted by molar-refractivity contribution is 5.68. The molecule has 1 N–H and O–H groups in total. The number of carbonyl (C=O) groups excluding carboxylic acids is 1. The van der Waals surface area contributed by atoms with Crippen LogP contribution in [0.5, 0.6) is 0 Å². The summed E-state index contributed by atoms with van der Waals surface area (Å²) in [7, 11) is 1.35. The van der Waals surface area contributed by atoms with Crippen LogP contribution in [0.25, 0.3) is 0 Å². The standard InChI is InChI=1S/C17H19FN2O4/c1-23-17(22)20-6-5-12(15-10-16(21)19-24-15)9-14(20)8-11-3-2-4-13(18)7-11/h2-4,7,10,12,14H,5-6,8-9H2,1H3,(H,19,21)/t12-,14-/m0/s1. The molecule has 1 saturated heterocycles. The van der Waals surface area contributed by atoms with Gasteiger partial charge in [-0.2, -0.15) is 5.16 Å². The number of methoxy groups -OCH3 is 1. The third-order valence-electron chi connectivity index (χ3n) is 4.43. The molecule has 1 aromatic heterocycles. The van der Waals surface area contributed by atoms with Crippen molar-refractivity contribution >= 4 is 6.09 Å². The van der Waals surface area contributed by atoms with Crippen LogP contribution < -0.4 is 5.56 Å². The summed E-state index contributed by atoms with van der Waals surface area (Å²) >= 11 is 0. The molecule has 6 nitrogen and oxygen atoms in total. The van der Waals surface area contributed by atoms with Crippen LogP contribution in [-0.2, 0) is 11.2 Å². The van der Waals surface area contributed by atoms with Gasteiger partial charge in [0, 0.05) is 24.6 Å². The third kappa shape index (κ3) is 3.50. The number of likely N-dealkylation sites (tertiary alicyclic amines) is 1. The minimum atomic E-state index is -0.398. The van der Waals surface area contributed by atoms with E-state index in [4.69, 9.17) is 9.26 Å². The van der Waals surface area contributed by atoms with Gasteiger partial charge in [-0.25, -0.2) is 9.18 Å². The first-order valence-corrected chi connectivity index (χ1v) is 7.84. The lowest BCUT2D eigenvalue weighted by Crippen LogP contribution is -2.46. The van der Waals surface area contributed by atoms with Crippen LogP contribution in [0.2, 0.25) is 0 Å². The topological polar surface area (TPSA) is 75.5 Å². The van der Waals surface area contributed by atoms with E-state index in [9.17, 15) is 14.0 Å². The Hall–Kier alpha value is -2.57. The quantitative estimate of drug-likeness (QED) is 0.936. The number of nitrogens with one attached hydrogen (secondary N) is 1. The molecule has 2 heterocycles. The van der Waals surface area contributed by atoms with E-state index >= 15 is 0 Å². The second-order valence-corrected chi connectivity index (χ2v) is 5.99. The van der Waals surface area contributed by atoms with Crippen molar-refractivity contribution in [2.45, 2.75) is 31.2 Å².